The van der Waals surface area contributed by atoms with E-state index in [0.29, 0.717) is 36.1 Å². The maximum absolute atomic E-state index is 13.4. The fourth-order valence-electron chi connectivity index (χ4n) is 7.49. The first kappa shape index (κ1) is 23.1. The summed E-state index contributed by atoms with van der Waals surface area (Å²) in [7, 11) is 0. The molecule has 0 spiro atoms. The van der Waals surface area contributed by atoms with Gasteiger partial charge in [-0.1, -0.05) is 17.3 Å². The van der Waals surface area contributed by atoms with Crippen molar-refractivity contribution >= 4 is 23.6 Å². The van der Waals surface area contributed by atoms with Gasteiger partial charge in [0.2, 0.25) is 11.8 Å². The first-order chi connectivity index (χ1) is 17.0. The van der Waals surface area contributed by atoms with Crippen molar-refractivity contribution in [1.82, 2.24) is 20.4 Å². The minimum absolute atomic E-state index is 0.0307. The van der Waals surface area contributed by atoms with Crippen molar-refractivity contribution in [2.75, 3.05) is 18.8 Å². The van der Waals surface area contributed by atoms with Crippen LogP contribution in [-0.2, 0) is 4.79 Å². The minimum atomic E-state index is 0.0307. The Balaban J connectivity index is 1.06. The molecule has 8 heteroatoms. The summed E-state index contributed by atoms with van der Waals surface area (Å²) in [5, 5.41) is 7.35. The summed E-state index contributed by atoms with van der Waals surface area (Å²) in [5.74, 6) is 4.45. The van der Waals surface area contributed by atoms with Crippen LogP contribution in [0.5, 0.6) is 0 Å². The molecule has 2 heterocycles. The molecule has 0 unspecified atom stereocenters. The number of hydrogen-bond acceptors (Lipinski definition) is 6. The lowest BCUT2D eigenvalue weighted by molar-refractivity contribution is -0.124. The summed E-state index contributed by atoms with van der Waals surface area (Å²) >= 11 is 1.48. The zero-order valence-corrected chi connectivity index (χ0v) is 21.2. The van der Waals surface area contributed by atoms with E-state index in [-0.39, 0.29) is 23.3 Å². The Bertz CT molecular complexity index is 1070. The van der Waals surface area contributed by atoms with Gasteiger partial charge >= 0.3 is 0 Å². The number of carbonyl (C=O) groups is 2. The fraction of sp³-hybridized carbons (Fsp3) is 0.630. The van der Waals surface area contributed by atoms with Gasteiger partial charge in [-0.2, -0.15) is 4.98 Å². The molecular formula is C27H34N4O3S. The van der Waals surface area contributed by atoms with Crippen molar-refractivity contribution in [1.29, 1.82) is 0 Å². The highest BCUT2D eigenvalue weighted by atomic mass is 32.2. The van der Waals surface area contributed by atoms with Crippen LogP contribution < -0.4 is 5.32 Å². The van der Waals surface area contributed by atoms with E-state index in [2.05, 4.69) is 15.5 Å². The number of rotatable bonds is 6. The van der Waals surface area contributed by atoms with Crippen molar-refractivity contribution < 1.29 is 14.1 Å². The average molecular weight is 495 g/mol. The molecule has 1 N–H and O–H groups in total. The number of aryl methyl sites for hydroxylation is 1. The van der Waals surface area contributed by atoms with Crippen LogP contribution in [-0.4, -0.2) is 51.2 Å². The molecule has 5 fully saturated rings. The SMILES string of the molecule is Cc1noc(C2CCN(C(=O)c3ccccc3SCC(=O)NC34CC5CC(CC(C5)C3)C4)CC2)n1. The van der Waals surface area contributed by atoms with Crippen molar-refractivity contribution in [3.63, 3.8) is 0 Å². The van der Waals surface area contributed by atoms with Gasteiger partial charge in [-0.3, -0.25) is 9.59 Å². The van der Waals surface area contributed by atoms with Crippen molar-refractivity contribution in [3.05, 3.63) is 41.5 Å². The van der Waals surface area contributed by atoms with E-state index in [9.17, 15) is 9.59 Å². The molecule has 7 rings (SSSR count). The largest absolute Gasteiger partial charge is 0.350 e. The molecule has 4 aliphatic carbocycles. The second-order valence-electron chi connectivity index (χ2n) is 11.3. The molecule has 1 aliphatic heterocycles. The lowest BCUT2D eigenvalue weighted by atomic mass is 9.53. The standard InChI is InChI=1S/C27H34N4O3S/c1-17-28-25(34-30-17)21-6-8-31(9-7-21)26(33)22-4-2-3-5-23(22)35-16-24(32)29-27-13-18-10-19(14-27)12-20(11-18)15-27/h2-5,18-21H,6-16H2,1H3,(H,29,32). The van der Waals surface area contributed by atoms with Crippen LogP contribution in [0.1, 0.15) is 79.4 Å². The van der Waals surface area contributed by atoms with Gasteiger partial charge in [-0.25, -0.2) is 0 Å². The Morgan fingerprint density at radius 1 is 1.09 bits per heavy atom. The Kier molecular flexibility index (Phi) is 6.11. The quantitative estimate of drug-likeness (QED) is 0.592. The smallest absolute Gasteiger partial charge is 0.254 e. The predicted octanol–water partition coefficient (Wildman–Crippen LogP) is 4.57. The van der Waals surface area contributed by atoms with E-state index in [1.807, 2.05) is 36.1 Å². The molecule has 1 aromatic carbocycles. The van der Waals surface area contributed by atoms with Crippen LogP contribution >= 0.6 is 11.8 Å². The van der Waals surface area contributed by atoms with E-state index in [1.54, 1.807) is 0 Å². The molecule has 7 nitrogen and oxygen atoms in total. The molecular weight excluding hydrogens is 460 g/mol. The Hall–Kier alpha value is -2.35. The number of benzene rings is 1. The molecule has 2 aromatic rings. The van der Waals surface area contributed by atoms with Crippen molar-refractivity contribution in [2.45, 2.75) is 74.6 Å². The lowest BCUT2D eigenvalue weighted by Gasteiger charge is -2.56. The number of hydrogen-bond donors (Lipinski definition) is 1. The number of nitrogens with one attached hydrogen (secondary N) is 1. The van der Waals surface area contributed by atoms with Gasteiger partial charge in [-0.15, -0.1) is 11.8 Å². The van der Waals surface area contributed by atoms with Crippen LogP contribution in [0.15, 0.2) is 33.7 Å². The second-order valence-corrected chi connectivity index (χ2v) is 12.3. The molecule has 5 aliphatic rings. The predicted molar refractivity (Wildman–Crippen MR) is 133 cm³/mol. The summed E-state index contributed by atoms with van der Waals surface area (Å²) in [4.78, 5) is 33.5. The maximum Gasteiger partial charge on any atom is 0.254 e. The topological polar surface area (TPSA) is 88.3 Å². The number of piperidine rings is 1. The van der Waals surface area contributed by atoms with E-state index >= 15 is 0 Å². The van der Waals surface area contributed by atoms with Crippen molar-refractivity contribution in [2.24, 2.45) is 17.8 Å². The van der Waals surface area contributed by atoms with E-state index in [1.165, 1.54) is 31.0 Å². The number of nitrogens with zero attached hydrogens (tertiary/aromatic N) is 3. The summed E-state index contributed by atoms with van der Waals surface area (Å²) in [6, 6.07) is 7.69. The molecule has 186 valence electrons. The number of thioether (sulfide) groups is 1. The van der Waals surface area contributed by atoms with Crippen LogP contribution in [0, 0.1) is 24.7 Å². The maximum atomic E-state index is 13.4. The van der Waals surface area contributed by atoms with E-state index in [4.69, 9.17) is 4.52 Å². The average Bonchev–Trinajstić information content (AvgIpc) is 3.28. The van der Waals surface area contributed by atoms with Crippen LogP contribution in [0.25, 0.3) is 0 Å². The highest BCUT2D eigenvalue weighted by Gasteiger charge is 2.51. The van der Waals surface area contributed by atoms with Crippen LogP contribution in [0.3, 0.4) is 0 Å². The van der Waals surface area contributed by atoms with Gasteiger partial charge in [0.1, 0.15) is 0 Å². The molecule has 0 atom stereocenters. The monoisotopic (exact) mass is 494 g/mol. The third-order valence-corrected chi connectivity index (χ3v) is 9.67. The molecule has 35 heavy (non-hydrogen) atoms. The zero-order valence-electron chi connectivity index (χ0n) is 20.4. The molecule has 2 amide bonds. The Labute approximate surface area is 210 Å². The van der Waals surface area contributed by atoms with Crippen molar-refractivity contribution in [3.8, 4) is 0 Å². The van der Waals surface area contributed by atoms with Gasteiger partial charge in [0, 0.05) is 29.4 Å². The number of amides is 2. The number of aromatic nitrogens is 2. The Morgan fingerprint density at radius 2 is 1.74 bits per heavy atom. The highest BCUT2D eigenvalue weighted by Crippen LogP contribution is 2.55. The highest BCUT2D eigenvalue weighted by molar-refractivity contribution is 8.00. The number of carbonyl (C=O) groups excluding carboxylic acids is 2. The van der Waals surface area contributed by atoms with Crippen LogP contribution in [0.4, 0.5) is 0 Å². The third-order valence-electron chi connectivity index (χ3n) is 8.59. The van der Waals surface area contributed by atoms with Gasteiger partial charge in [0.15, 0.2) is 5.82 Å². The molecule has 4 bridgehead atoms. The molecule has 1 saturated heterocycles. The first-order valence-electron chi connectivity index (χ1n) is 13.1. The fourth-order valence-corrected chi connectivity index (χ4v) is 8.33. The summed E-state index contributed by atoms with van der Waals surface area (Å²) in [6.45, 7) is 3.15. The third kappa shape index (κ3) is 4.74. The second kappa shape index (κ2) is 9.26. The number of likely N-dealkylation sites (tertiary alicyclic amines) is 1. The van der Waals surface area contributed by atoms with Crippen LogP contribution in [0.2, 0.25) is 0 Å². The van der Waals surface area contributed by atoms with Gasteiger partial charge in [0.25, 0.3) is 5.91 Å². The lowest BCUT2D eigenvalue weighted by Crippen LogP contribution is -2.60. The minimum Gasteiger partial charge on any atom is -0.350 e. The van der Waals surface area contributed by atoms with E-state index < -0.39 is 0 Å². The van der Waals surface area contributed by atoms with E-state index in [0.717, 1.165) is 54.8 Å². The summed E-state index contributed by atoms with van der Waals surface area (Å²) in [6.07, 6.45) is 9.20. The first-order valence-corrected chi connectivity index (χ1v) is 14.1. The van der Waals surface area contributed by atoms with Gasteiger partial charge in [-0.05, 0) is 88.2 Å². The molecule has 4 saturated carbocycles. The summed E-state index contributed by atoms with van der Waals surface area (Å²) in [5.41, 5.74) is 0.718. The van der Waals surface area contributed by atoms with Gasteiger partial charge < -0.3 is 14.7 Å². The molecule has 1 aromatic heterocycles. The summed E-state index contributed by atoms with van der Waals surface area (Å²) < 4.78 is 5.34. The normalized spacial score (nSPS) is 30.0. The zero-order chi connectivity index (χ0) is 24.0. The Morgan fingerprint density at radius 3 is 2.37 bits per heavy atom. The van der Waals surface area contributed by atoms with Gasteiger partial charge in [0.05, 0.1) is 11.3 Å². The molecule has 0 radical (unpaired) electrons.